The normalized spacial score (nSPS) is 17.8. The van der Waals surface area contributed by atoms with Crippen molar-refractivity contribution in [3.05, 3.63) is 71.8 Å². The molecular formula is C50H78N6O9. The average molecular weight is 907 g/mol. The van der Waals surface area contributed by atoms with Crippen LogP contribution in [0.3, 0.4) is 0 Å². The maximum Gasteiger partial charge on any atom is 0.303 e. The van der Waals surface area contributed by atoms with E-state index in [1.54, 1.807) is 30.9 Å². The number of rotatable bonds is 27. The molecule has 1 aliphatic rings. The van der Waals surface area contributed by atoms with Gasteiger partial charge in [-0.25, -0.2) is 0 Å². The van der Waals surface area contributed by atoms with Gasteiger partial charge in [-0.3, -0.25) is 43.9 Å². The Labute approximate surface area is 387 Å². The molecule has 5 amide bonds. The number of hydrogen-bond acceptors (Lipinski definition) is 10. The van der Waals surface area contributed by atoms with E-state index in [9.17, 15) is 28.8 Å². The second-order valence-corrected chi connectivity index (χ2v) is 18.5. The monoisotopic (exact) mass is 907 g/mol. The van der Waals surface area contributed by atoms with Crippen LogP contribution in [0.2, 0.25) is 0 Å². The highest BCUT2D eigenvalue weighted by molar-refractivity contribution is 6.00. The molecule has 0 aromatic heterocycles. The predicted molar refractivity (Wildman–Crippen MR) is 251 cm³/mol. The molecule has 1 saturated heterocycles. The number of likely N-dealkylation sites (tertiary alicyclic amines) is 1. The summed E-state index contributed by atoms with van der Waals surface area (Å²) in [6.45, 7) is 14.6. The first-order valence-corrected chi connectivity index (χ1v) is 23.4. The number of imide groups is 1. The Morgan fingerprint density at radius 2 is 1.38 bits per heavy atom. The molecule has 0 bridgehead atoms. The van der Waals surface area contributed by atoms with E-state index < -0.39 is 66.1 Å². The Morgan fingerprint density at radius 1 is 0.800 bits per heavy atom. The van der Waals surface area contributed by atoms with Gasteiger partial charge in [-0.05, 0) is 68.8 Å². The molecule has 3 rings (SSSR count). The number of carbonyl (C=O) groups excluding carboxylic acids is 5. The smallest absolute Gasteiger partial charge is 0.303 e. The van der Waals surface area contributed by atoms with Crippen LogP contribution in [0.4, 0.5) is 0 Å². The highest BCUT2D eigenvalue weighted by Crippen LogP contribution is 2.30. The second kappa shape index (κ2) is 27.1. The van der Waals surface area contributed by atoms with Crippen LogP contribution in [0, 0.1) is 23.7 Å². The van der Waals surface area contributed by atoms with Gasteiger partial charge in [0.15, 0.2) is 0 Å². The lowest BCUT2D eigenvalue weighted by molar-refractivity contribution is -0.144. The van der Waals surface area contributed by atoms with Crippen LogP contribution >= 0.6 is 0 Å². The molecule has 2 aromatic rings. The summed E-state index contributed by atoms with van der Waals surface area (Å²) in [7, 11) is 6.70. The lowest BCUT2D eigenvalue weighted by Crippen LogP contribution is -2.60. The maximum atomic E-state index is 14.5. The lowest BCUT2D eigenvalue weighted by atomic mass is 9.87. The summed E-state index contributed by atoms with van der Waals surface area (Å²) in [6, 6.07) is 16.0. The van der Waals surface area contributed by atoms with Gasteiger partial charge < -0.3 is 30.1 Å². The van der Waals surface area contributed by atoms with Crippen molar-refractivity contribution < 1.29 is 43.3 Å². The number of nitrogens with zero attached hydrogens (tertiary/aromatic N) is 3. The van der Waals surface area contributed by atoms with Gasteiger partial charge >= 0.3 is 5.97 Å². The van der Waals surface area contributed by atoms with Crippen LogP contribution in [-0.4, -0.2) is 139 Å². The molecular weight excluding hydrogens is 829 g/mol. The quantitative estimate of drug-likeness (QED) is 0.0955. The van der Waals surface area contributed by atoms with Crippen molar-refractivity contribution in [2.75, 3.05) is 41.4 Å². The lowest BCUT2D eigenvalue weighted by Gasteiger charge is -2.43. The molecule has 15 nitrogen and oxygen atoms in total. The number of amides is 5. The van der Waals surface area contributed by atoms with Crippen LogP contribution in [0.5, 0.6) is 0 Å². The summed E-state index contributed by atoms with van der Waals surface area (Å²) in [5.74, 6) is -3.76. The van der Waals surface area contributed by atoms with Gasteiger partial charge in [0, 0.05) is 46.2 Å². The predicted octanol–water partition coefficient (Wildman–Crippen LogP) is 4.91. The molecule has 0 unspecified atom stereocenters. The fourth-order valence-corrected chi connectivity index (χ4v) is 9.51. The largest absolute Gasteiger partial charge is 0.481 e. The fourth-order valence-electron chi connectivity index (χ4n) is 9.51. The first kappa shape index (κ1) is 54.6. The molecule has 65 heavy (non-hydrogen) atoms. The van der Waals surface area contributed by atoms with Crippen LogP contribution in [0.25, 0.3) is 0 Å². The Balaban J connectivity index is 1.79. The SMILES string of the molecule is CC[C@H](C)[C@@H]([C@@H](CC(=O)N1CCC[C@H]1[C@H](OC)[C@@H](C)C(=O)N[C@@H](Cc1ccccc1)C(=O)NCc1ccccc1)OC)N(C)[C@H](C(=O)NC(=O)[C@H](C(C)C)N(C)CCCC(=O)O)C(C)C. The number of hydrogen-bond donors (Lipinski definition) is 4. The molecule has 15 heteroatoms. The minimum Gasteiger partial charge on any atom is -0.481 e. The number of ether oxygens (including phenoxy) is 2. The topological polar surface area (TPSA) is 187 Å². The number of methoxy groups -OCH3 is 2. The Morgan fingerprint density at radius 3 is 1.92 bits per heavy atom. The average Bonchev–Trinajstić information content (AvgIpc) is 3.75. The van der Waals surface area contributed by atoms with Gasteiger partial charge in [0.25, 0.3) is 0 Å². The van der Waals surface area contributed by atoms with Crippen molar-refractivity contribution in [1.29, 1.82) is 0 Å². The van der Waals surface area contributed by atoms with Crippen molar-refractivity contribution in [3.8, 4) is 0 Å². The van der Waals surface area contributed by atoms with E-state index in [2.05, 4.69) is 22.9 Å². The number of aliphatic carboxylic acids is 1. The second-order valence-electron chi connectivity index (χ2n) is 18.5. The summed E-state index contributed by atoms with van der Waals surface area (Å²) in [5, 5.41) is 17.8. The first-order chi connectivity index (χ1) is 30.9. The Hall–Kier alpha value is -4.70. The number of benzene rings is 2. The van der Waals surface area contributed by atoms with Crippen LogP contribution in [0.15, 0.2) is 60.7 Å². The van der Waals surface area contributed by atoms with Crippen LogP contribution in [-0.2, 0) is 51.2 Å². The molecule has 9 atom stereocenters. The summed E-state index contributed by atoms with van der Waals surface area (Å²) in [4.78, 5) is 86.7. The standard InChI is InChI=1S/C50H78N6O9/c1-12-34(6)45(55(9)44(33(4)5)50(63)53-49(62)43(32(2)3)54(8)27-20-26-42(58)59)40(64-10)30-41(57)56-28-19-25-39(56)46(65-11)35(7)47(60)52-38(29-36-21-15-13-16-22-36)48(61)51-31-37-23-17-14-18-24-37/h13-18,21-24,32-35,38-40,43-46H,12,19-20,25-31H2,1-11H3,(H,51,61)(H,52,60)(H,58,59)(H,53,62,63)/t34-,35+,38-,39-,40+,43-,44-,45-,46+/m0/s1. The molecule has 4 N–H and O–H groups in total. The number of carboxylic acids is 1. The third-order valence-corrected chi connectivity index (χ3v) is 13.0. The van der Waals surface area contributed by atoms with E-state index in [1.165, 1.54) is 7.11 Å². The zero-order valence-electron chi connectivity index (χ0n) is 40.8. The van der Waals surface area contributed by atoms with Crippen LogP contribution in [0.1, 0.15) is 98.1 Å². The Kier molecular flexibility index (Phi) is 22.7. The number of carboxylic acid groups (broad SMARTS) is 1. The number of carbonyl (C=O) groups is 6. The summed E-state index contributed by atoms with van der Waals surface area (Å²) in [5.41, 5.74) is 1.83. The van der Waals surface area contributed by atoms with Gasteiger partial charge in [0.1, 0.15) is 6.04 Å². The number of likely N-dealkylation sites (N-methyl/N-ethyl adjacent to an activating group) is 2. The van der Waals surface area contributed by atoms with Gasteiger partial charge in [0.05, 0.1) is 42.7 Å². The molecule has 0 aliphatic carbocycles. The molecule has 2 aromatic carbocycles. The molecule has 0 saturated carbocycles. The minimum atomic E-state index is -0.908. The van der Waals surface area contributed by atoms with E-state index >= 15 is 0 Å². The van der Waals surface area contributed by atoms with Crippen molar-refractivity contribution in [1.82, 2.24) is 30.7 Å². The highest BCUT2D eigenvalue weighted by atomic mass is 16.5. The highest BCUT2D eigenvalue weighted by Gasteiger charge is 2.44. The zero-order chi connectivity index (χ0) is 48.4. The molecule has 362 valence electrons. The van der Waals surface area contributed by atoms with Gasteiger partial charge in [0.2, 0.25) is 29.5 Å². The zero-order valence-corrected chi connectivity index (χ0v) is 40.8. The molecule has 1 fully saturated rings. The van der Waals surface area contributed by atoms with E-state index in [1.807, 2.05) is 107 Å². The molecule has 0 radical (unpaired) electrons. The van der Waals surface area contributed by atoms with Crippen molar-refractivity contribution in [3.63, 3.8) is 0 Å². The molecule has 1 aliphatic heterocycles. The van der Waals surface area contributed by atoms with Gasteiger partial charge in [-0.2, -0.15) is 0 Å². The van der Waals surface area contributed by atoms with Crippen molar-refractivity contribution in [2.24, 2.45) is 23.7 Å². The van der Waals surface area contributed by atoms with E-state index in [0.29, 0.717) is 38.9 Å². The number of nitrogens with one attached hydrogen (secondary N) is 3. The summed E-state index contributed by atoms with van der Waals surface area (Å²) < 4.78 is 12.2. The molecule has 1 heterocycles. The molecule has 0 spiro atoms. The van der Waals surface area contributed by atoms with Gasteiger partial charge in [-0.15, -0.1) is 0 Å². The third-order valence-electron chi connectivity index (χ3n) is 13.0. The third kappa shape index (κ3) is 16.0. The fraction of sp³-hybridized carbons (Fsp3) is 0.640. The van der Waals surface area contributed by atoms with E-state index in [0.717, 1.165) is 17.5 Å². The maximum absolute atomic E-state index is 14.5. The van der Waals surface area contributed by atoms with Crippen LogP contribution < -0.4 is 16.0 Å². The van der Waals surface area contributed by atoms with E-state index in [-0.39, 0.29) is 54.7 Å². The van der Waals surface area contributed by atoms with Crippen molar-refractivity contribution >= 4 is 35.5 Å². The Bertz CT molecular complexity index is 1810. The van der Waals surface area contributed by atoms with Gasteiger partial charge in [-0.1, -0.05) is 116 Å². The first-order valence-electron chi connectivity index (χ1n) is 23.4. The summed E-state index contributed by atoms with van der Waals surface area (Å²) >= 11 is 0. The minimum absolute atomic E-state index is 0.00597. The summed E-state index contributed by atoms with van der Waals surface area (Å²) in [6.07, 6.45) is 1.40. The van der Waals surface area contributed by atoms with E-state index in [4.69, 9.17) is 14.6 Å². The van der Waals surface area contributed by atoms with Crippen molar-refractivity contribution in [2.45, 2.75) is 142 Å².